The Labute approximate surface area is 189 Å². The number of anilines is 2. The van der Waals surface area contributed by atoms with Crippen molar-refractivity contribution in [1.82, 2.24) is 4.98 Å². The number of fused-ring (bicyclic) bond motifs is 1. The van der Waals surface area contributed by atoms with E-state index in [0.29, 0.717) is 21.4 Å². The van der Waals surface area contributed by atoms with Crippen molar-refractivity contribution < 1.29 is 13.2 Å². The highest BCUT2D eigenvalue weighted by atomic mass is 35.5. The lowest BCUT2D eigenvalue weighted by Gasteiger charge is -2.09. The van der Waals surface area contributed by atoms with Crippen LogP contribution in [-0.4, -0.2) is 19.3 Å². The molecule has 0 radical (unpaired) electrons. The highest BCUT2D eigenvalue weighted by molar-refractivity contribution is 7.92. The molecule has 0 aliphatic rings. The second-order valence-corrected chi connectivity index (χ2v) is 10.1. The molecule has 3 aromatic carbocycles. The fourth-order valence-corrected chi connectivity index (χ4v) is 5.08. The van der Waals surface area contributed by atoms with Crippen LogP contribution in [0.5, 0.6) is 0 Å². The van der Waals surface area contributed by atoms with Crippen LogP contribution in [0, 0.1) is 13.8 Å². The van der Waals surface area contributed by atoms with E-state index in [2.05, 4.69) is 15.0 Å². The molecule has 0 aliphatic carbocycles. The molecule has 158 valence electrons. The molecule has 0 spiro atoms. The van der Waals surface area contributed by atoms with E-state index < -0.39 is 10.0 Å². The molecule has 1 amide bonds. The number of halogens is 1. The Bertz CT molecular complexity index is 1380. The van der Waals surface area contributed by atoms with E-state index in [1.807, 2.05) is 19.9 Å². The molecule has 2 N–H and O–H groups in total. The molecule has 0 aliphatic heterocycles. The summed E-state index contributed by atoms with van der Waals surface area (Å²) in [6.45, 7) is 3.77. The van der Waals surface area contributed by atoms with Crippen LogP contribution >= 0.6 is 22.9 Å². The van der Waals surface area contributed by atoms with Gasteiger partial charge in [-0.15, -0.1) is 0 Å². The van der Waals surface area contributed by atoms with E-state index >= 15 is 0 Å². The molecule has 1 heterocycles. The van der Waals surface area contributed by atoms with E-state index in [1.165, 1.54) is 11.3 Å². The van der Waals surface area contributed by atoms with Crippen LogP contribution in [0.3, 0.4) is 0 Å². The average Bonchev–Trinajstić information content (AvgIpc) is 3.14. The number of nitrogens with one attached hydrogen (secondary N) is 2. The Kier molecular flexibility index (Phi) is 5.70. The van der Waals surface area contributed by atoms with Gasteiger partial charge in [-0.1, -0.05) is 40.6 Å². The number of aryl methyl sites for hydroxylation is 2. The van der Waals surface area contributed by atoms with E-state index in [-0.39, 0.29) is 10.8 Å². The van der Waals surface area contributed by atoms with Gasteiger partial charge >= 0.3 is 0 Å². The Balaban J connectivity index is 1.48. The van der Waals surface area contributed by atoms with Crippen LogP contribution in [0.15, 0.2) is 65.6 Å². The number of carbonyl (C=O) groups excluding carboxylic acids is 1. The van der Waals surface area contributed by atoms with Crippen molar-refractivity contribution >= 4 is 59.9 Å². The van der Waals surface area contributed by atoms with Gasteiger partial charge in [0.25, 0.3) is 15.9 Å². The molecule has 0 atom stereocenters. The van der Waals surface area contributed by atoms with Gasteiger partial charge in [0.1, 0.15) is 0 Å². The number of thiazole rings is 1. The maximum atomic E-state index is 12.6. The molecule has 0 unspecified atom stereocenters. The normalized spacial score (nSPS) is 11.5. The van der Waals surface area contributed by atoms with Gasteiger partial charge < -0.3 is 0 Å². The Morgan fingerprint density at radius 1 is 0.968 bits per heavy atom. The van der Waals surface area contributed by atoms with Crippen molar-refractivity contribution in [3.63, 3.8) is 0 Å². The van der Waals surface area contributed by atoms with Crippen molar-refractivity contribution in [3.05, 3.63) is 82.4 Å². The van der Waals surface area contributed by atoms with Crippen molar-refractivity contribution in [1.29, 1.82) is 0 Å². The lowest BCUT2D eigenvalue weighted by atomic mass is 10.2. The molecule has 6 nitrogen and oxygen atoms in total. The maximum absolute atomic E-state index is 12.6. The topological polar surface area (TPSA) is 88.2 Å². The summed E-state index contributed by atoms with van der Waals surface area (Å²) in [6, 6.07) is 16.4. The first kappa shape index (κ1) is 21.3. The summed E-state index contributed by atoms with van der Waals surface area (Å²) in [7, 11) is -3.70. The molecule has 0 fully saturated rings. The second kappa shape index (κ2) is 8.30. The van der Waals surface area contributed by atoms with Crippen LogP contribution in [-0.2, 0) is 10.0 Å². The Morgan fingerprint density at radius 3 is 2.32 bits per heavy atom. The summed E-state index contributed by atoms with van der Waals surface area (Å²) in [5.74, 6) is -0.337. The summed E-state index contributed by atoms with van der Waals surface area (Å²) in [6.07, 6.45) is 0. The molecule has 0 saturated carbocycles. The van der Waals surface area contributed by atoms with Crippen molar-refractivity contribution in [2.24, 2.45) is 0 Å². The standard InChI is InChI=1S/C22H18ClN3O3S2/c1-13-3-9-17(10-4-13)31(28,29)26-16-7-5-15(6-8-16)21(27)25-22-24-20-14(2)18(23)11-12-19(20)30-22/h3-12,26H,1-2H3,(H,24,25,27). The minimum absolute atomic E-state index is 0.172. The molecule has 4 aromatic rings. The first-order chi connectivity index (χ1) is 14.7. The minimum atomic E-state index is -3.70. The van der Waals surface area contributed by atoms with Crippen molar-refractivity contribution in [3.8, 4) is 0 Å². The Morgan fingerprint density at radius 2 is 1.65 bits per heavy atom. The molecule has 0 bridgehead atoms. The van der Waals surface area contributed by atoms with E-state index in [4.69, 9.17) is 11.6 Å². The second-order valence-electron chi connectivity index (χ2n) is 6.99. The van der Waals surface area contributed by atoms with E-state index in [9.17, 15) is 13.2 Å². The SMILES string of the molecule is Cc1ccc(S(=O)(=O)Nc2ccc(C(=O)Nc3nc4c(C)c(Cl)ccc4s3)cc2)cc1. The largest absolute Gasteiger partial charge is 0.298 e. The highest BCUT2D eigenvalue weighted by Gasteiger charge is 2.15. The summed E-state index contributed by atoms with van der Waals surface area (Å²) in [5, 5.41) is 3.87. The van der Waals surface area contributed by atoms with Gasteiger partial charge in [-0.05, 0) is 67.9 Å². The monoisotopic (exact) mass is 471 g/mol. The van der Waals surface area contributed by atoms with Crippen LogP contribution in [0.4, 0.5) is 10.8 Å². The molecule has 1 aromatic heterocycles. The molecule has 0 saturated heterocycles. The number of benzene rings is 3. The minimum Gasteiger partial charge on any atom is -0.298 e. The molecule has 9 heteroatoms. The van der Waals surface area contributed by atoms with Crippen molar-refractivity contribution in [2.45, 2.75) is 18.7 Å². The van der Waals surface area contributed by atoms with Gasteiger partial charge in [-0.2, -0.15) is 0 Å². The average molecular weight is 472 g/mol. The summed E-state index contributed by atoms with van der Waals surface area (Å²) in [4.78, 5) is 17.2. The van der Waals surface area contributed by atoms with E-state index in [1.54, 1.807) is 54.6 Å². The lowest BCUT2D eigenvalue weighted by molar-refractivity contribution is 0.102. The highest BCUT2D eigenvalue weighted by Crippen LogP contribution is 2.31. The van der Waals surface area contributed by atoms with Gasteiger partial charge in [0.05, 0.1) is 15.1 Å². The van der Waals surface area contributed by atoms with Gasteiger partial charge in [-0.3, -0.25) is 14.8 Å². The number of rotatable bonds is 5. The number of carbonyl (C=O) groups is 1. The number of amides is 1. The smallest absolute Gasteiger partial charge is 0.261 e. The first-order valence-electron chi connectivity index (χ1n) is 9.29. The number of nitrogens with zero attached hydrogens (tertiary/aromatic N) is 1. The zero-order valence-corrected chi connectivity index (χ0v) is 19.0. The van der Waals surface area contributed by atoms with Crippen LogP contribution in [0.25, 0.3) is 10.2 Å². The number of aromatic nitrogens is 1. The Hall–Kier alpha value is -2.94. The third-order valence-electron chi connectivity index (χ3n) is 4.70. The van der Waals surface area contributed by atoms with Crippen LogP contribution in [0.2, 0.25) is 5.02 Å². The quantitative estimate of drug-likeness (QED) is 0.395. The summed E-state index contributed by atoms with van der Waals surface area (Å²) >= 11 is 7.49. The maximum Gasteiger partial charge on any atom is 0.261 e. The zero-order valence-electron chi connectivity index (χ0n) is 16.6. The zero-order chi connectivity index (χ0) is 22.2. The summed E-state index contributed by atoms with van der Waals surface area (Å²) < 4.78 is 28.5. The lowest BCUT2D eigenvalue weighted by Crippen LogP contribution is -2.14. The number of hydrogen-bond acceptors (Lipinski definition) is 5. The van der Waals surface area contributed by atoms with Crippen LogP contribution in [0.1, 0.15) is 21.5 Å². The third kappa shape index (κ3) is 4.56. The molecule has 31 heavy (non-hydrogen) atoms. The van der Waals surface area contributed by atoms with Crippen LogP contribution < -0.4 is 10.0 Å². The number of hydrogen-bond donors (Lipinski definition) is 2. The molecular formula is C22H18ClN3O3S2. The predicted octanol–water partition coefficient (Wildman–Crippen LogP) is 5.62. The number of sulfonamides is 1. The van der Waals surface area contributed by atoms with Gasteiger partial charge in [0.15, 0.2) is 5.13 Å². The fraction of sp³-hybridized carbons (Fsp3) is 0.0909. The van der Waals surface area contributed by atoms with Gasteiger partial charge in [0, 0.05) is 16.3 Å². The molecule has 4 rings (SSSR count). The third-order valence-corrected chi connectivity index (χ3v) is 7.44. The predicted molar refractivity (Wildman–Crippen MR) is 126 cm³/mol. The molecular weight excluding hydrogens is 454 g/mol. The first-order valence-corrected chi connectivity index (χ1v) is 12.0. The van der Waals surface area contributed by atoms with Gasteiger partial charge in [-0.25, -0.2) is 13.4 Å². The van der Waals surface area contributed by atoms with Gasteiger partial charge in [0.2, 0.25) is 0 Å². The van der Waals surface area contributed by atoms with E-state index in [0.717, 1.165) is 21.3 Å². The fourth-order valence-electron chi connectivity index (χ4n) is 2.94. The van der Waals surface area contributed by atoms with Crippen molar-refractivity contribution in [2.75, 3.05) is 10.0 Å². The summed E-state index contributed by atoms with van der Waals surface area (Å²) in [5.41, 5.74) is 3.34.